The molecule has 0 aliphatic carbocycles. The van der Waals surface area contributed by atoms with Gasteiger partial charge in [0.05, 0.1) is 16.6 Å². The molecule has 0 fully saturated rings. The Balaban J connectivity index is 1.80. The molecule has 4 rings (SSSR count). The van der Waals surface area contributed by atoms with Gasteiger partial charge in [-0.15, -0.1) is 0 Å². The van der Waals surface area contributed by atoms with E-state index in [1.807, 2.05) is 28.8 Å². The van der Waals surface area contributed by atoms with Crippen molar-refractivity contribution in [2.75, 3.05) is 0 Å². The summed E-state index contributed by atoms with van der Waals surface area (Å²) in [4.78, 5) is 7.67. The van der Waals surface area contributed by atoms with Crippen LogP contribution in [0.15, 0.2) is 60.9 Å². The van der Waals surface area contributed by atoms with E-state index in [2.05, 4.69) is 9.97 Å². The zero-order valence-electron chi connectivity index (χ0n) is 14.8. The molecule has 0 aliphatic heterocycles. The molecule has 1 N–H and O–H groups in total. The second-order valence-electron chi connectivity index (χ2n) is 6.90. The smallest absolute Gasteiger partial charge is 0.223 e. The molecule has 0 amide bonds. The summed E-state index contributed by atoms with van der Waals surface area (Å²) >= 11 is 0. The van der Waals surface area contributed by atoms with Crippen molar-refractivity contribution in [2.24, 2.45) is 0 Å². The third-order valence-electron chi connectivity index (χ3n) is 4.50. The lowest BCUT2D eigenvalue weighted by molar-refractivity contribution is 0.0787. The Morgan fingerprint density at radius 1 is 1.00 bits per heavy atom. The van der Waals surface area contributed by atoms with Crippen molar-refractivity contribution in [1.82, 2.24) is 14.5 Å². The Morgan fingerprint density at radius 2 is 1.81 bits per heavy atom. The van der Waals surface area contributed by atoms with E-state index in [1.54, 1.807) is 38.4 Å². The minimum Gasteiger partial charge on any atom is -0.386 e. The molecule has 0 unspecified atom stereocenters. The fourth-order valence-electron chi connectivity index (χ4n) is 3.05. The monoisotopic (exact) mass is 365 g/mol. The van der Waals surface area contributed by atoms with E-state index in [4.69, 9.17) is 0 Å². The number of pyridine rings is 1. The molecule has 0 bridgehead atoms. The van der Waals surface area contributed by atoms with E-state index in [0.29, 0.717) is 5.56 Å². The van der Waals surface area contributed by atoms with Gasteiger partial charge < -0.3 is 5.11 Å². The Labute approximate surface area is 154 Å². The molecule has 2 aromatic heterocycles. The van der Waals surface area contributed by atoms with Gasteiger partial charge in [0.1, 0.15) is 6.33 Å². The Kier molecular flexibility index (Phi) is 4.00. The van der Waals surface area contributed by atoms with Gasteiger partial charge in [0.15, 0.2) is 0 Å². The van der Waals surface area contributed by atoms with Crippen LogP contribution in [0.5, 0.6) is 0 Å². The second-order valence-corrected chi connectivity index (χ2v) is 6.90. The summed E-state index contributed by atoms with van der Waals surface area (Å²) in [5.41, 5.74) is 3.03. The van der Waals surface area contributed by atoms with Crippen molar-refractivity contribution in [3.05, 3.63) is 78.4 Å². The average molecular weight is 365 g/mol. The van der Waals surface area contributed by atoms with Crippen LogP contribution in [0.2, 0.25) is 0 Å². The fraction of sp³-hybridized carbons (Fsp3) is 0.143. The normalized spacial score (nSPS) is 11.9. The molecule has 0 radical (unpaired) electrons. The minimum absolute atomic E-state index is 0.229. The Morgan fingerprint density at radius 3 is 2.56 bits per heavy atom. The summed E-state index contributed by atoms with van der Waals surface area (Å²) in [6, 6.07) is 15.3. The maximum absolute atomic E-state index is 14.0. The van der Waals surface area contributed by atoms with E-state index in [-0.39, 0.29) is 5.56 Å². The number of halogens is 2. The highest BCUT2D eigenvalue weighted by atomic mass is 19.1. The molecule has 0 spiro atoms. The van der Waals surface area contributed by atoms with E-state index in [1.165, 1.54) is 6.07 Å². The molecule has 2 heterocycles. The lowest BCUT2D eigenvalue weighted by Crippen LogP contribution is -2.15. The molecule has 4 aromatic rings. The van der Waals surface area contributed by atoms with Crippen molar-refractivity contribution in [1.29, 1.82) is 0 Å². The molecule has 4 nitrogen and oxygen atoms in total. The molecule has 2 aromatic carbocycles. The number of fused-ring (bicyclic) bond motifs is 1. The molecule has 0 atom stereocenters. The third kappa shape index (κ3) is 3.19. The number of hydrogen-bond acceptors (Lipinski definition) is 3. The van der Waals surface area contributed by atoms with Crippen LogP contribution in [-0.4, -0.2) is 19.6 Å². The maximum atomic E-state index is 14.0. The summed E-state index contributed by atoms with van der Waals surface area (Å²) in [5.74, 6) is -1.70. The second kappa shape index (κ2) is 6.25. The molecule has 0 saturated heterocycles. The first-order valence-electron chi connectivity index (χ1n) is 8.46. The lowest BCUT2D eigenvalue weighted by atomic mass is 9.98. The van der Waals surface area contributed by atoms with E-state index < -0.39 is 17.5 Å². The van der Waals surface area contributed by atoms with Crippen LogP contribution in [0, 0.1) is 11.9 Å². The number of imidazole rings is 1. The van der Waals surface area contributed by atoms with E-state index >= 15 is 0 Å². The standard InChI is InChI=1S/C21H17F2N3O/c1-21(2,27)14-6-8-18-17(11-14)24-12-26(18)15-5-3-4-13(10-15)16-7-9-19(22)25-20(16)23/h3-12,27H,1-2H3. The van der Waals surface area contributed by atoms with Gasteiger partial charge in [0.2, 0.25) is 11.9 Å². The number of benzene rings is 2. The van der Waals surface area contributed by atoms with Crippen molar-refractivity contribution < 1.29 is 13.9 Å². The quantitative estimate of drug-likeness (QED) is 0.540. The van der Waals surface area contributed by atoms with Crippen LogP contribution in [0.25, 0.3) is 27.8 Å². The van der Waals surface area contributed by atoms with Crippen molar-refractivity contribution in [2.45, 2.75) is 19.4 Å². The highest BCUT2D eigenvalue weighted by molar-refractivity contribution is 5.79. The van der Waals surface area contributed by atoms with Crippen molar-refractivity contribution in [3.8, 4) is 16.8 Å². The summed E-state index contributed by atoms with van der Waals surface area (Å²) in [6.07, 6.45) is 1.68. The molecular formula is C21H17F2N3O. The predicted molar refractivity (Wildman–Crippen MR) is 99.5 cm³/mol. The SMILES string of the molecule is CC(C)(O)c1ccc2c(c1)ncn2-c1cccc(-c2ccc(F)nc2F)c1. The summed E-state index contributed by atoms with van der Waals surface area (Å²) in [5, 5.41) is 10.2. The largest absolute Gasteiger partial charge is 0.386 e. The zero-order valence-corrected chi connectivity index (χ0v) is 14.8. The predicted octanol–water partition coefficient (Wildman–Crippen LogP) is 4.59. The van der Waals surface area contributed by atoms with Gasteiger partial charge in [0, 0.05) is 11.3 Å². The number of rotatable bonds is 3. The average Bonchev–Trinajstić information content (AvgIpc) is 3.04. The van der Waals surface area contributed by atoms with Crippen LogP contribution < -0.4 is 0 Å². The van der Waals surface area contributed by atoms with Gasteiger partial charge in [-0.3, -0.25) is 4.57 Å². The molecular weight excluding hydrogens is 348 g/mol. The van der Waals surface area contributed by atoms with E-state index in [9.17, 15) is 13.9 Å². The van der Waals surface area contributed by atoms with Gasteiger partial charge in [-0.1, -0.05) is 18.2 Å². The number of aromatic nitrogens is 3. The first kappa shape index (κ1) is 17.3. The van der Waals surface area contributed by atoms with Gasteiger partial charge in [-0.2, -0.15) is 13.8 Å². The minimum atomic E-state index is -0.953. The number of hydrogen-bond donors (Lipinski definition) is 1. The van der Waals surface area contributed by atoms with Crippen LogP contribution >= 0.6 is 0 Å². The van der Waals surface area contributed by atoms with Crippen LogP contribution in [0.3, 0.4) is 0 Å². The molecule has 0 aliphatic rings. The first-order chi connectivity index (χ1) is 12.8. The lowest BCUT2D eigenvalue weighted by Gasteiger charge is -2.17. The highest BCUT2D eigenvalue weighted by Crippen LogP contribution is 2.28. The Hall–Kier alpha value is -3.12. The zero-order chi connectivity index (χ0) is 19.2. The molecule has 6 heteroatoms. The maximum Gasteiger partial charge on any atom is 0.223 e. The third-order valence-corrected chi connectivity index (χ3v) is 4.50. The summed E-state index contributed by atoms with van der Waals surface area (Å²) < 4.78 is 29.0. The van der Waals surface area contributed by atoms with Crippen LogP contribution in [0.1, 0.15) is 19.4 Å². The topological polar surface area (TPSA) is 50.9 Å². The number of nitrogens with zero attached hydrogens (tertiary/aromatic N) is 3. The van der Waals surface area contributed by atoms with Crippen LogP contribution in [-0.2, 0) is 5.60 Å². The molecule has 27 heavy (non-hydrogen) atoms. The van der Waals surface area contributed by atoms with Crippen molar-refractivity contribution >= 4 is 11.0 Å². The molecule has 136 valence electrons. The Bertz CT molecular complexity index is 1150. The summed E-state index contributed by atoms with van der Waals surface area (Å²) in [7, 11) is 0. The van der Waals surface area contributed by atoms with E-state index in [0.717, 1.165) is 28.4 Å². The number of aliphatic hydroxyl groups is 1. The van der Waals surface area contributed by atoms with Gasteiger partial charge >= 0.3 is 0 Å². The van der Waals surface area contributed by atoms with Crippen molar-refractivity contribution in [3.63, 3.8) is 0 Å². The fourth-order valence-corrected chi connectivity index (χ4v) is 3.05. The van der Waals surface area contributed by atoms with Gasteiger partial charge in [-0.05, 0) is 61.4 Å². The van der Waals surface area contributed by atoms with Gasteiger partial charge in [-0.25, -0.2) is 4.98 Å². The van der Waals surface area contributed by atoms with Crippen LogP contribution in [0.4, 0.5) is 8.78 Å². The first-order valence-corrected chi connectivity index (χ1v) is 8.46. The van der Waals surface area contributed by atoms with Gasteiger partial charge in [0.25, 0.3) is 0 Å². The highest BCUT2D eigenvalue weighted by Gasteiger charge is 2.17. The molecule has 0 saturated carbocycles. The summed E-state index contributed by atoms with van der Waals surface area (Å²) in [6.45, 7) is 3.44.